The predicted octanol–water partition coefficient (Wildman–Crippen LogP) is 3.82. The molecule has 0 bridgehead atoms. The van der Waals surface area contributed by atoms with Crippen molar-refractivity contribution >= 4 is 5.96 Å². The SMILES string of the molecule is CN=C(NCCCCC1CCCC1)NCc1cc(C(C)C)no1. The van der Waals surface area contributed by atoms with Crippen LogP contribution in [0, 0.1) is 5.92 Å². The zero-order valence-electron chi connectivity index (χ0n) is 14.9. The summed E-state index contributed by atoms with van der Waals surface area (Å²) in [5, 5.41) is 10.7. The Kier molecular flexibility index (Phi) is 7.43. The highest BCUT2D eigenvalue weighted by molar-refractivity contribution is 5.79. The summed E-state index contributed by atoms with van der Waals surface area (Å²) in [7, 11) is 1.80. The Balaban J connectivity index is 1.59. The zero-order chi connectivity index (χ0) is 16.5. The first-order valence-corrected chi connectivity index (χ1v) is 9.09. The average Bonchev–Trinajstić information content (AvgIpc) is 3.21. The Bertz CT molecular complexity index is 475. The summed E-state index contributed by atoms with van der Waals surface area (Å²) < 4.78 is 5.33. The Morgan fingerprint density at radius 2 is 2.09 bits per heavy atom. The van der Waals surface area contributed by atoms with E-state index in [4.69, 9.17) is 4.52 Å². The molecule has 0 saturated heterocycles. The second-order valence-electron chi connectivity index (χ2n) is 6.87. The number of aromatic nitrogens is 1. The van der Waals surface area contributed by atoms with E-state index >= 15 is 0 Å². The molecule has 23 heavy (non-hydrogen) atoms. The van der Waals surface area contributed by atoms with Gasteiger partial charge >= 0.3 is 0 Å². The summed E-state index contributed by atoms with van der Waals surface area (Å²) in [6, 6.07) is 2.01. The molecular formula is C18H32N4O. The highest BCUT2D eigenvalue weighted by Crippen LogP contribution is 2.28. The van der Waals surface area contributed by atoms with Crippen LogP contribution in [0.3, 0.4) is 0 Å². The molecule has 1 aromatic heterocycles. The van der Waals surface area contributed by atoms with Crippen molar-refractivity contribution in [2.24, 2.45) is 10.9 Å². The number of aliphatic imine (C=N–C) groups is 1. The molecule has 1 aliphatic carbocycles. The van der Waals surface area contributed by atoms with E-state index in [-0.39, 0.29) is 0 Å². The van der Waals surface area contributed by atoms with E-state index in [1.807, 2.05) is 6.07 Å². The van der Waals surface area contributed by atoms with Gasteiger partial charge in [-0.2, -0.15) is 0 Å². The van der Waals surface area contributed by atoms with Gasteiger partial charge in [0.15, 0.2) is 11.7 Å². The van der Waals surface area contributed by atoms with Gasteiger partial charge in [0.05, 0.1) is 12.2 Å². The molecule has 0 aliphatic heterocycles. The van der Waals surface area contributed by atoms with E-state index in [0.29, 0.717) is 12.5 Å². The van der Waals surface area contributed by atoms with Crippen LogP contribution in [0.4, 0.5) is 0 Å². The van der Waals surface area contributed by atoms with Crippen molar-refractivity contribution in [3.63, 3.8) is 0 Å². The lowest BCUT2D eigenvalue weighted by atomic mass is 10.0. The second-order valence-corrected chi connectivity index (χ2v) is 6.87. The highest BCUT2D eigenvalue weighted by atomic mass is 16.5. The number of guanidine groups is 1. The van der Waals surface area contributed by atoms with Crippen LogP contribution in [0.25, 0.3) is 0 Å². The summed E-state index contributed by atoms with van der Waals surface area (Å²) in [6.07, 6.45) is 9.70. The van der Waals surface area contributed by atoms with Gasteiger partial charge in [-0.3, -0.25) is 4.99 Å². The minimum Gasteiger partial charge on any atom is -0.359 e. The maximum atomic E-state index is 5.33. The number of hydrogen-bond donors (Lipinski definition) is 2. The maximum Gasteiger partial charge on any atom is 0.191 e. The third-order valence-corrected chi connectivity index (χ3v) is 4.63. The van der Waals surface area contributed by atoms with Gasteiger partial charge < -0.3 is 15.2 Å². The normalized spacial score (nSPS) is 16.3. The third-order valence-electron chi connectivity index (χ3n) is 4.63. The van der Waals surface area contributed by atoms with E-state index in [9.17, 15) is 0 Å². The molecule has 0 radical (unpaired) electrons. The Morgan fingerprint density at radius 3 is 2.74 bits per heavy atom. The van der Waals surface area contributed by atoms with Gasteiger partial charge in [0.2, 0.25) is 0 Å². The lowest BCUT2D eigenvalue weighted by Crippen LogP contribution is -2.37. The Hall–Kier alpha value is -1.52. The molecule has 1 saturated carbocycles. The third kappa shape index (κ3) is 6.24. The van der Waals surface area contributed by atoms with Gasteiger partial charge in [-0.1, -0.05) is 57.5 Å². The molecule has 1 heterocycles. The highest BCUT2D eigenvalue weighted by Gasteiger charge is 2.14. The summed E-state index contributed by atoms with van der Waals surface area (Å²) in [4.78, 5) is 4.25. The lowest BCUT2D eigenvalue weighted by molar-refractivity contribution is 0.372. The Labute approximate surface area is 140 Å². The number of nitrogens with zero attached hydrogens (tertiary/aromatic N) is 2. The molecule has 0 spiro atoms. The molecular weight excluding hydrogens is 288 g/mol. The predicted molar refractivity (Wildman–Crippen MR) is 94.6 cm³/mol. The van der Waals surface area contributed by atoms with E-state index in [1.54, 1.807) is 7.05 Å². The van der Waals surface area contributed by atoms with E-state index in [2.05, 4.69) is 34.6 Å². The molecule has 1 aliphatic rings. The molecule has 0 unspecified atom stereocenters. The van der Waals surface area contributed by atoms with Crippen LogP contribution < -0.4 is 10.6 Å². The van der Waals surface area contributed by atoms with E-state index in [1.165, 1.54) is 44.9 Å². The molecule has 0 atom stereocenters. The summed E-state index contributed by atoms with van der Waals surface area (Å²) in [6.45, 7) is 5.81. The number of hydrogen-bond acceptors (Lipinski definition) is 3. The van der Waals surface area contributed by atoms with Crippen molar-refractivity contribution in [3.8, 4) is 0 Å². The number of rotatable bonds is 8. The van der Waals surface area contributed by atoms with Crippen LogP contribution in [0.1, 0.15) is 76.2 Å². The molecule has 1 fully saturated rings. The topological polar surface area (TPSA) is 62.5 Å². The lowest BCUT2D eigenvalue weighted by Gasteiger charge is -2.12. The van der Waals surface area contributed by atoms with Crippen LogP contribution >= 0.6 is 0 Å². The molecule has 0 amide bonds. The summed E-state index contributed by atoms with van der Waals surface area (Å²) in [5.74, 6) is 3.06. The summed E-state index contributed by atoms with van der Waals surface area (Å²) >= 11 is 0. The fourth-order valence-electron chi connectivity index (χ4n) is 3.14. The van der Waals surface area contributed by atoms with Crippen LogP contribution in [-0.2, 0) is 6.54 Å². The first-order chi connectivity index (χ1) is 11.2. The fraction of sp³-hybridized carbons (Fsp3) is 0.778. The van der Waals surface area contributed by atoms with Gasteiger partial charge in [-0.15, -0.1) is 0 Å². The monoisotopic (exact) mass is 320 g/mol. The van der Waals surface area contributed by atoms with Crippen molar-refractivity contribution < 1.29 is 4.52 Å². The molecule has 0 aromatic carbocycles. The average molecular weight is 320 g/mol. The van der Waals surface area contributed by atoms with Gasteiger partial charge in [-0.05, 0) is 18.3 Å². The van der Waals surface area contributed by atoms with E-state index in [0.717, 1.165) is 29.9 Å². The van der Waals surface area contributed by atoms with Crippen LogP contribution in [0.2, 0.25) is 0 Å². The Morgan fingerprint density at radius 1 is 1.30 bits per heavy atom. The van der Waals surface area contributed by atoms with Crippen molar-refractivity contribution in [1.82, 2.24) is 15.8 Å². The van der Waals surface area contributed by atoms with Crippen LogP contribution in [0.5, 0.6) is 0 Å². The smallest absolute Gasteiger partial charge is 0.191 e. The molecule has 5 nitrogen and oxygen atoms in total. The maximum absolute atomic E-state index is 5.33. The molecule has 1 aromatic rings. The minimum atomic E-state index is 0.393. The van der Waals surface area contributed by atoms with Crippen LogP contribution in [-0.4, -0.2) is 24.7 Å². The van der Waals surface area contributed by atoms with Gasteiger partial charge in [0.25, 0.3) is 0 Å². The molecule has 2 rings (SSSR count). The van der Waals surface area contributed by atoms with Crippen molar-refractivity contribution in [1.29, 1.82) is 0 Å². The molecule has 5 heteroatoms. The van der Waals surface area contributed by atoms with Crippen molar-refractivity contribution in [3.05, 3.63) is 17.5 Å². The van der Waals surface area contributed by atoms with Gasteiger partial charge in [0.1, 0.15) is 0 Å². The largest absolute Gasteiger partial charge is 0.359 e. The number of nitrogens with one attached hydrogen (secondary N) is 2. The molecule has 130 valence electrons. The summed E-state index contributed by atoms with van der Waals surface area (Å²) in [5.41, 5.74) is 0.997. The van der Waals surface area contributed by atoms with Crippen molar-refractivity contribution in [2.45, 2.75) is 71.3 Å². The quantitative estimate of drug-likeness (QED) is 0.434. The first-order valence-electron chi connectivity index (χ1n) is 9.09. The van der Waals surface area contributed by atoms with E-state index < -0.39 is 0 Å². The number of unbranched alkanes of at least 4 members (excludes halogenated alkanes) is 1. The first kappa shape index (κ1) is 17.8. The van der Waals surface area contributed by atoms with Crippen LogP contribution in [0.15, 0.2) is 15.6 Å². The zero-order valence-corrected chi connectivity index (χ0v) is 14.9. The van der Waals surface area contributed by atoms with Gasteiger partial charge in [-0.25, -0.2) is 0 Å². The molecule has 2 N–H and O–H groups in total. The standard InChI is InChI=1S/C18H32N4O/c1-14(2)17-12-16(23-22-17)13-21-18(19-3)20-11-7-6-10-15-8-4-5-9-15/h12,14-15H,4-11,13H2,1-3H3,(H2,19,20,21). The second kappa shape index (κ2) is 9.58. The minimum absolute atomic E-state index is 0.393. The van der Waals surface area contributed by atoms with Crippen molar-refractivity contribution in [2.75, 3.05) is 13.6 Å². The fourth-order valence-corrected chi connectivity index (χ4v) is 3.14. The van der Waals surface area contributed by atoms with Gasteiger partial charge in [0, 0.05) is 19.7 Å².